The van der Waals surface area contributed by atoms with Crippen LogP contribution < -0.4 is 10.5 Å². The van der Waals surface area contributed by atoms with Gasteiger partial charge in [-0.1, -0.05) is 57.2 Å². The van der Waals surface area contributed by atoms with Gasteiger partial charge in [-0.05, 0) is 47.5 Å². The number of rotatable bonds is 7. The molecule has 6 rings (SSSR count). The van der Waals surface area contributed by atoms with Crippen LogP contribution in [-0.2, 0) is 18.6 Å². The van der Waals surface area contributed by atoms with Crippen molar-refractivity contribution in [3.05, 3.63) is 101 Å². The van der Waals surface area contributed by atoms with Crippen LogP contribution in [0.2, 0.25) is 0 Å². The second-order valence-corrected chi connectivity index (χ2v) is 11.5. The molecule has 0 aliphatic rings. The molecule has 0 saturated carbocycles. The number of thiazole rings is 1. The lowest BCUT2D eigenvalue weighted by Crippen LogP contribution is -2.13. The average Bonchev–Trinajstić information content (AvgIpc) is 3.65. The van der Waals surface area contributed by atoms with Gasteiger partial charge in [-0.3, -0.25) is 9.48 Å². The van der Waals surface area contributed by atoms with Crippen molar-refractivity contribution in [3.63, 3.8) is 0 Å². The fourth-order valence-electron chi connectivity index (χ4n) is 4.49. The number of amides is 1. The van der Waals surface area contributed by atoms with E-state index in [9.17, 15) is 4.79 Å². The predicted molar refractivity (Wildman–Crippen MR) is 154 cm³/mol. The summed E-state index contributed by atoms with van der Waals surface area (Å²) in [6.07, 6.45) is 0. The van der Waals surface area contributed by atoms with Crippen LogP contribution in [0.3, 0.4) is 0 Å². The summed E-state index contributed by atoms with van der Waals surface area (Å²) in [7, 11) is 0. The van der Waals surface area contributed by atoms with E-state index in [1.807, 2.05) is 66.7 Å². The number of benzene rings is 3. The molecule has 6 aromatic rings. The Hall–Kier alpha value is -4.43. The predicted octanol–water partition coefficient (Wildman–Crippen LogP) is 6.93. The summed E-state index contributed by atoms with van der Waals surface area (Å²) in [5, 5.41) is 9.16. The van der Waals surface area contributed by atoms with Crippen LogP contribution in [0.5, 0.6) is 5.75 Å². The van der Waals surface area contributed by atoms with Crippen LogP contribution in [0.1, 0.15) is 48.1 Å². The maximum Gasteiger partial charge on any atom is 0.269 e. The summed E-state index contributed by atoms with van der Waals surface area (Å²) in [6, 6.07) is 23.6. The SMILES string of the molecule is CC(C)(C)c1csc(-c2cc3cc(Cn4nc(C(N)=O)c5cc(OCc6ccccc6)ccc54)ccc3o2)n1. The maximum atomic E-state index is 12.2. The van der Waals surface area contributed by atoms with E-state index in [2.05, 4.69) is 37.3 Å². The van der Waals surface area contributed by atoms with Crippen molar-refractivity contribution in [2.45, 2.75) is 39.3 Å². The summed E-state index contributed by atoms with van der Waals surface area (Å²) in [6.45, 7) is 7.35. The molecule has 7 nitrogen and oxygen atoms in total. The van der Waals surface area contributed by atoms with E-state index in [4.69, 9.17) is 19.9 Å². The quantitative estimate of drug-likeness (QED) is 0.239. The van der Waals surface area contributed by atoms with Crippen LogP contribution in [0.25, 0.3) is 32.6 Å². The van der Waals surface area contributed by atoms with Gasteiger partial charge in [0.2, 0.25) is 0 Å². The van der Waals surface area contributed by atoms with Gasteiger partial charge in [0.1, 0.15) is 17.9 Å². The van der Waals surface area contributed by atoms with E-state index in [0.717, 1.165) is 44.1 Å². The molecular weight excluding hydrogens is 508 g/mol. The molecule has 1 amide bonds. The molecule has 0 atom stereocenters. The van der Waals surface area contributed by atoms with E-state index in [-0.39, 0.29) is 11.1 Å². The Labute approximate surface area is 229 Å². The van der Waals surface area contributed by atoms with E-state index < -0.39 is 5.91 Å². The van der Waals surface area contributed by atoms with E-state index in [0.29, 0.717) is 24.3 Å². The van der Waals surface area contributed by atoms with Crippen LogP contribution in [-0.4, -0.2) is 20.7 Å². The monoisotopic (exact) mass is 536 g/mol. The minimum absolute atomic E-state index is 0.0149. The van der Waals surface area contributed by atoms with Crippen molar-refractivity contribution in [2.75, 3.05) is 0 Å². The van der Waals surface area contributed by atoms with E-state index in [1.165, 1.54) is 0 Å². The lowest BCUT2D eigenvalue weighted by Gasteiger charge is -2.13. The third-order valence-corrected chi connectivity index (χ3v) is 7.46. The number of primary amides is 1. The van der Waals surface area contributed by atoms with E-state index in [1.54, 1.807) is 16.0 Å². The first-order valence-electron chi connectivity index (χ1n) is 12.7. The number of hydrogen-bond donors (Lipinski definition) is 1. The second kappa shape index (κ2) is 9.71. The van der Waals surface area contributed by atoms with Gasteiger partial charge in [0, 0.05) is 21.6 Å². The van der Waals surface area contributed by atoms with Crippen molar-refractivity contribution in [1.29, 1.82) is 0 Å². The lowest BCUT2D eigenvalue weighted by molar-refractivity contribution is 0.0996. The van der Waals surface area contributed by atoms with Crippen molar-refractivity contribution >= 4 is 39.1 Å². The van der Waals surface area contributed by atoms with E-state index >= 15 is 0 Å². The zero-order chi connectivity index (χ0) is 27.1. The largest absolute Gasteiger partial charge is 0.489 e. The standard InChI is InChI=1S/C31H28N4O3S/c1-31(2,3)27-18-39-30(33-27)26-14-21-13-20(9-12-25(21)38-26)16-35-24-11-10-22(15-23(24)28(34-35)29(32)36)37-17-19-7-5-4-6-8-19/h4-15,18H,16-17H2,1-3H3,(H2,32,36). The van der Waals surface area contributed by atoms with Crippen LogP contribution >= 0.6 is 11.3 Å². The molecule has 0 unspecified atom stereocenters. The highest BCUT2D eigenvalue weighted by Gasteiger charge is 2.20. The number of ether oxygens (including phenoxy) is 1. The molecule has 0 bridgehead atoms. The molecule has 0 aliphatic carbocycles. The van der Waals surface area contributed by atoms with Gasteiger partial charge in [-0.15, -0.1) is 11.3 Å². The highest BCUT2D eigenvalue weighted by atomic mass is 32.1. The third-order valence-electron chi connectivity index (χ3n) is 6.60. The van der Waals surface area contributed by atoms with Crippen molar-refractivity contribution in [3.8, 4) is 16.5 Å². The molecule has 39 heavy (non-hydrogen) atoms. The number of carbonyl (C=O) groups is 1. The number of fused-ring (bicyclic) bond motifs is 2. The highest BCUT2D eigenvalue weighted by Crippen LogP contribution is 2.34. The normalized spacial score (nSPS) is 11.9. The van der Waals surface area contributed by atoms with Crippen molar-refractivity contribution in [1.82, 2.24) is 14.8 Å². The molecule has 2 N–H and O–H groups in total. The van der Waals surface area contributed by atoms with Crippen LogP contribution in [0.4, 0.5) is 0 Å². The Bertz CT molecular complexity index is 1810. The van der Waals surface area contributed by atoms with Crippen LogP contribution in [0, 0.1) is 0 Å². The molecule has 8 heteroatoms. The topological polar surface area (TPSA) is 96.2 Å². The number of furan rings is 1. The molecular formula is C31H28N4O3S. The van der Waals surface area contributed by atoms with Crippen molar-refractivity contribution < 1.29 is 13.9 Å². The molecule has 0 radical (unpaired) electrons. The number of nitrogens with zero attached hydrogens (tertiary/aromatic N) is 3. The van der Waals surface area contributed by atoms with Gasteiger partial charge in [0.25, 0.3) is 5.91 Å². The zero-order valence-electron chi connectivity index (χ0n) is 22.0. The van der Waals surface area contributed by atoms with Gasteiger partial charge in [0.15, 0.2) is 16.5 Å². The van der Waals surface area contributed by atoms with Gasteiger partial charge in [-0.25, -0.2) is 4.98 Å². The first-order chi connectivity index (χ1) is 18.7. The Morgan fingerprint density at radius 2 is 1.85 bits per heavy atom. The molecule has 3 aromatic carbocycles. The molecule has 0 spiro atoms. The molecule has 3 aromatic heterocycles. The number of aromatic nitrogens is 3. The van der Waals surface area contributed by atoms with Gasteiger partial charge < -0.3 is 14.9 Å². The summed E-state index contributed by atoms with van der Waals surface area (Å²) < 4.78 is 13.9. The number of hydrogen-bond acceptors (Lipinski definition) is 6. The van der Waals surface area contributed by atoms with Crippen LogP contribution in [0.15, 0.2) is 82.6 Å². The highest BCUT2D eigenvalue weighted by molar-refractivity contribution is 7.13. The first kappa shape index (κ1) is 24.9. The van der Waals surface area contributed by atoms with Gasteiger partial charge in [0.05, 0.1) is 17.8 Å². The summed E-state index contributed by atoms with van der Waals surface area (Å²) in [4.78, 5) is 17.0. The Kier molecular flexibility index (Phi) is 6.19. The van der Waals surface area contributed by atoms with Crippen molar-refractivity contribution in [2.24, 2.45) is 5.73 Å². The molecule has 0 aliphatic heterocycles. The summed E-state index contributed by atoms with van der Waals surface area (Å²) in [5.74, 6) is 0.829. The fraction of sp³-hybridized carbons (Fsp3) is 0.194. The Morgan fingerprint density at radius 3 is 2.59 bits per heavy atom. The molecule has 0 fully saturated rings. The Balaban J connectivity index is 1.28. The lowest BCUT2D eigenvalue weighted by atomic mass is 9.93. The number of nitrogens with two attached hydrogens (primary N) is 1. The second-order valence-electron chi connectivity index (χ2n) is 10.6. The minimum Gasteiger partial charge on any atom is -0.489 e. The molecule has 196 valence electrons. The zero-order valence-corrected chi connectivity index (χ0v) is 22.8. The number of carbonyl (C=O) groups excluding carboxylic acids is 1. The fourth-order valence-corrected chi connectivity index (χ4v) is 5.49. The average molecular weight is 537 g/mol. The molecule has 3 heterocycles. The van der Waals surface area contributed by atoms with Gasteiger partial charge >= 0.3 is 0 Å². The minimum atomic E-state index is -0.577. The summed E-state index contributed by atoms with van der Waals surface area (Å²) >= 11 is 1.59. The Morgan fingerprint density at radius 1 is 1.03 bits per heavy atom. The molecule has 0 saturated heterocycles. The summed E-state index contributed by atoms with van der Waals surface area (Å²) in [5.41, 5.74) is 10.6. The third kappa shape index (κ3) is 5.03. The maximum absolute atomic E-state index is 12.2. The smallest absolute Gasteiger partial charge is 0.269 e. The first-order valence-corrected chi connectivity index (χ1v) is 13.6. The van der Waals surface area contributed by atoms with Gasteiger partial charge in [-0.2, -0.15) is 5.10 Å².